The van der Waals surface area contributed by atoms with E-state index in [1.165, 1.54) is 40.3 Å². The summed E-state index contributed by atoms with van der Waals surface area (Å²) < 4.78 is 49.5. The molecule has 1 aliphatic heterocycles. The summed E-state index contributed by atoms with van der Waals surface area (Å²) >= 11 is 0. The molecule has 0 aromatic carbocycles. The molecule has 184 valence electrons. The van der Waals surface area contributed by atoms with E-state index in [1.54, 1.807) is 17.9 Å². The van der Waals surface area contributed by atoms with Gasteiger partial charge in [-0.25, -0.2) is 14.5 Å². The molecule has 5 aromatic heterocycles. The van der Waals surface area contributed by atoms with Gasteiger partial charge in [-0.05, 0) is 25.1 Å². The molecule has 0 unspecified atom stereocenters. The number of nitrogens with one attached hydrogen (secondary N) is 1. The number of hydrogen-bond donors (Lipinski definition) is 1. The van der Waals surface area contributed by atoms with Gasteiger partial charge in [0.15, 0.2) is 0 Å². The fourth-order valence-corrected chi connectivity index (χ4v) is 4.55. The van der Waals surface area contributed by atoms with Crippen LogP contribution < -0.4 is 0 Å². The average molecular weight is 496 g/mol. The molecule has 0 bridgehead atoms. The number of fused-ring (bicyclic) bond motifs is 2. The number of aryl methyl sites for hydroxylation is 1. The zero-order chi connectivity index (χ0) is 25.2. The maximum Gasteiger partial charge on any atom is 0.418 e. The lowest BCUT2D eigenvalue weighted by molar-refractivity contribution is -0.136. The number of nitrogens with zero attached hydrogens (tertiary/aromatic N) is 7. The molecule has 10 nitrogen and oxygen atoms in total. The topological polar surface area (TPSA) is 110 Å². The number of aromatic nitrogens is 7. The summed E-state index contributed by atoms with van der Waals surface area (Å²) in [5, 5.41) is 8.57. The number of rotatable bonds is 3. The summed E-state index contributed by atoms with van der Waals surface area (Å²) in [4.78, 5) is 26.8. The number of imidazole rings is 1. The molecule has 0 spiro atoms. The first kappa shape index (κ1) is 22.1. The molecule has 0 aliphatic carbocycles. The van der Waals surface area contributed by atoms with Crippen molar-refractivity contribution in [1.29, 1.82) is 0 Å². The Balaban J connectivity index is 1.42. The molecule has 36 heavy (non-hydrogen) atoms. The van der Waals surface area contributed by atoms with E-state index in [-0.39, 0.29) is 29.4 Å². The summed E-state index contributed by atoms with van der Waals surface area (Å²) in [6, 6.07) is 2.82. The number of carbonyl (C=O) groups is 1. The molecular weight excluding hydrogens is 477 g/mol. The number of hydrogen-bond acceptors (Lipinski definition) is 6. The van der Waals surface area contributed by atoms with Gasteiger partial charge in [-0.1, -0.05) is 0 Å². The SMILES string of the molecule is Cc1c(-c2ncc(C(=O)N3CCc4[nH]cnc4[C@@H]3c3cc4c(C(F)(F)F)cccn4n3)o2)cnn1C. The smallest absolute Gasteiger partial charge is 0.418 e. The van der Waals surface area contributed by atoms with Gasteiger partial charge in [-0.3, -0.25) is 9.48 Å². The van der Waals surface area contributed by atoms with Gasteiger partial charge in [0.1, 0.15) is 6.04 Å². The number of oxazole rings is 1. The van der Waals surface area contributed by atoms with Crippen molar-refractivity contribution in [2.24, 2.45) is 7.05 Å². The third kappa shape index (κ3) is 3.38. The second-order valence-corrected chi connectivity index (χ2v) is 8.53. The first-order valence-corrected chi connectivity index (χ1v) is 11.1. The van der Waals surface area contributed by atoms with Crippen LogP contribution in [0.25, 0.3) is 17.0 Å². The van der Waals surface area contributed by atoms with E-state index >= 15 is 0 Å². The predicted molar refractivity (Wildman–Crippen MR) is 119 cm³/mol. The highest BCUT2D eigenvalue weighted by Gasteiger charge is 2.39. The summed E-state index contributed by atoms with van der Waals surface area (Å²) in [5.74, 6) is -0.223. The summed E-state index contributed by atoms with van der Waals surface area (Å²) in [6.45, 7) is 2.13. The molecule has 13 heteroatoms. The summed E-state index contributed by atoms with van der Waals surface area (Å²) in [5.41, 5.74) is 2.13. The minimum Gasteiger partial charge on any atom is -0.431 e. The molecule has 0 saturated carbocycles. The van der Waals surface area contributed by atoms with Crippen LogP contribution in [0.15, 0.2) is 47.5 Å². The van der Waals surface area contributed by atoms with Gasteiger partial charge in [-0.2, -0.15) is 23.4 Å². The highest BCUT2D eigenvalue weighted by Crippen LogP contribution is 2.37. The van der Waals surface area contributed by atoms with Gasteiger partial charge < -0.3 is 14.3 Å². The fraction of sp³-hybridized carbons (Fsp3) is 0.261. The summed E-state index contributed by atoms with van der Waals surface area (Å²) in [6.07, 6.45) is 1.81. The van der Waals surface area contributed by atoms with Gasteiger partial charge in [-0.15, -0.1) is 0 Å². The minimum absolute atomic E-state index is 0.00279. The Hall–Kier alpha value is -4.42. The van der Waals surface area contributed by atoms with Crippen LogP contribution in [0, 0.1) is 6.92 Å². The van der Waals surface area contributed by atoms with Gasteiger partial charge >= 0.3 is 6.18 Å². The minimum atomic E-state index is -4.56. The quantitative estimate of drug-likeness (QED) is 0.409. The third-order valence-electron chi connectivity index (χ3n) is 6.47. The monoisotopic (exact) mass is 496 g/mol. The van der Waals surface area contributed by atoms with E-state index in [9.17, 15) is 18.0 Å². The number of H-pyrrole nitrogens is 1. The number of aromatic amines is 1. The number of pyridine rings is 1. The van der Waals surface area contributed by atoms with Crippen LogP contribution in [0.4, 0.5) is 13.2 Å². The third-order valence-corrected chi connectivity index (χ3v) is 6.47. The van der Waals surface area contributed by atoms with Gasteiger partial charge in [0.2, 0.25) is 11.7 Å². The van der Waals surface area contributed by atoms with Crippen LogP contribution in [-0.4, -0.2) is 51.7 Å². The first-order valence-electron chi connectivity index (χ1n) is 11.1. The number of halogens is 3. The largest absolute Gasteiger partial charge is 0.431 e. The van der Waals surface area contributed by atoms with E-state index < -0.39 is 23.7 Å². The van der Waals surface area contributed by atoms with Crippen molar-refractivity contribution in [3.63, 3.8) is 0 Å². The van der Waals surface area contributed by atoms with E-state index in [0.717, 1.165) is 17.5 Å². The van der Waals surface area contributed by atoms with Crippen LogP contribution in [-0.2, 0) is 19.6 Å². The average Bonchev–Trinajstić information content (AvgIpc) is 3.64. The Morgan fingerprint density at radius 2 is 2.08 bits per heavy atom. The molecule has 0 radical (unpaired) electrons. The molecule has 6 rings (SSSR count). The maximum atomic E-state index is 13.6. The van der Waals surface area contributed by atoms with Gasteiger partial charge in [0.25, 0.3) is 5.91 Å². The molecule has 0 fully saturated rings. The second-order valence-electron chi connectivity index (χ2n) is 8.53. The van der Waals surface area contributed by atoms with Crippen molar-refractivity contribution in [2.45, 2.75) is 25.6 Å². The van der Waals surface area contributed by atoms with Crippen LogP contribution >= 0.6 is 0 Å². The molecule has 1 aliphatic rings. The molecule has 0 saturated heterocycles. The lowest BCUT2D eigenvalue weighted by Crippen LogP contribution is -2.40. The Bertz CT molecular complexity index is 1610. The Morgan fingerprint density at radius 1 is 1.25 bits per heavy atom. The highest BCUT2D eigenvalue weighted by atomic mass is 19.4. The Kier molecular flexibility index (Phi) is 4.78. The van der Waals surface area contributed by atoms with Crippen molar-refractivity contribution in [2.75, 3.05) is 6.54 Å². The van der Waals surface area contributed by atoms with Crippen molar-refractivity contribution in [1.82, 2.24) is 39.2 Å². The standard InChI is InChI=1S/C23H19F3N8O2/c1-12-13(9-30-32(12)2)21-27-10-18(36-21)22(35)33-7-5-15-19(29-11-28-15)20(33)16-8-17-14(23(24,25)26)4-3-6-34(17)31-16/h3-4,6,8-11,20H,5,7H2,1-2H3,(H,28,29)/t20-/m0/s1. The van der Waals surface area contributed by atoms with Crippen LogP contribution in [0.3, 0.4) is 0 Å². The lowest BCUT2D eigenvalue weighted by atomic mass is 9.99. The van der Waals surface area contributed by atoms with Crippen molar-refractivity contribution < 1.29 is 22.4 Å². The van der Waals surface area contributed by atoms with Crippen molar-refractivity contribution >= 4 is 11.4 Å². The maximum absolute atomic E-state index is 13.6. The molecule has 5 aromatic rings. The summed E-state index contributed by atoms with van der Waals surface area (Å²) in [7, 11) is 1.78. The number of amides is 1. The zero-order valence-corrected chi connectivity index (χ0v) is 19.1. The molecule has 1 N–H and O–H groups in total. The van der Waals surface area contributed by atoms with Gasteiger partial charge in [0.05, 0.1) is 46.8 Å². The number of alkyl halides is 3. The van der Waals surface area contributed by atoms with E-state index in [0.29, 0.717) is 17.7 Å². The lowest BCUT2D eigenvalue weighted by Gasteiger charge is -2.33. The van der Waals surface area contributed by atoms with E-state index in [1.807, 2.05) is 6.92 Å². The second kappa shape index (κ2) is 7.80. The van der Waals surface area contributed by atoms with Crippen LogP contribution in [0.1, 0.15) is 44.9 Å². The highest BCUT2D eigenvalue weighted by molar-refractivity contribution is 5.92. The Labute approximate surface area is 201 Å². The Morgan fingerprint density at radius 3 is 2.83 bits per heavy atom. The molecule has 1 atom stereocenters. The predicted octanol–water partition coefficient (Wildman–Crippen LogP) is 3.56. The number of carbonyl (C=O) groups excluding carboxylic acids is 1. The normalized spacial score (nSPS) is 16.0. The van der Waals surface area contributed by atoms with E-state index in [2.05, 4.69) is 25.1 Å². The molecule has 1 amide bonds. The van der Waals surface area contributed by atoms with Gasteiger partial charge in [0, 0.05) is 37.6 Å². The van der Waals surface area contributed by atoms with E-state index in [4.69, 9.17) is 4.42 Å². The van der Waals surface area contributed by atoms with Crippen molar-refractivity contribution in [3.05, 3.63) is 77.2 Å². The van der Waals surface area contributed by atoms with Crippen LogP contribution in [0.2, 0.25) is 0 Å². The molecular formula is C23H19F3N8O2. The van der Waals surface area contributed by atoms with Crippen LogP contribution in [0.5, 0.6) is 0 Å². The first-order chi connectivity index (χ1) is 17.2. The van der Waals surface area contributed by atoms with Crippen molar-refractivity contribution in [3.8, 4) is 11.5 Å². The fourth-order valence-electron chi connectivity index (χ4n) is 4.55. The molecule has 6 heterocycles. The zero-order valence-electron chi connectivity index (χ0n) is 19.1.